The van der Waals surface area contributed by atoms with Gasteiger partial charge in [-0.2, -0.15) is 0 Å². The largest absolute Gasteiger partial charge is 0.393 e. The van der Waals surface area contributed by atoms with Gasteiger partial charge in [-0.25, -0.2) is 0 Å². The maximum Gasteiger partial charge on any atom is 0.237 e. The number of amides is 1. The van der Waals surface area contributed by atoms with Gasteiger partial charge in [-0.15, -0.1) is 0 Å². The lowest BCUT2D eigenvalue weighted by Crippen LogP contribution is -2.45. The lowest BCUT2D eigenvalue weighted by atomic mass is 9.92. The first-order valence-corrected chi connectivity index (χ1v) is 9.28. The average Bonchev–Trinajstić information content (AvgIpc) is 3.39. The first-order chi connectivity index (χ1) is 11.5. The van der Waals surface area contributed by atoms with Crippen molar-refractivity contribution in [2.75, 3.05) is 19.6 Å². The van der Waals surface area contributed by atoms with E-state index in [9.17, 15) is 9.90 Å². The Hall–Kier alpha value is -1.39. The third kappa shape index (κ3) is 4.58. The molecule has 1 amide bonds. The van der Waals surface area contributed by atoms with Crippen LogP contribution in [-0.2, 0) is 11.3 Å². The molecule has 0 spiro atoms. The van der Waals surface area contributed by atoms with Gasteiger partial charge in [-0.05, 0) is 64.1 Å². The van der Waals surface area contributed by atoms with Crippen LogP contribution in [0.4, 0.5) is 0 Å². The standard InChI is InChI=1S/C20H30N2O2/c1-15-3-5-17(6-4-15)13-22(19-7-8-19)20(24)14-21-11-9-18(10-12-21)16(2)23/h3-6,16,18-19,23H,7-14H2,1-2H3. The van der Waals surface area contributed by atoms with Gasteiger partial charge in [-0.1, -0.05) is 29.8 Å². The summed E-state index contributed by atoms with van der Waals surface area (Å²) < 4.78 is 0. The molecule has 1 saturated carbocycles. The normalized spacial score (nSPS) is 20.8. The fourth-order valence-corrected chi connectivity index (χ4v) is 3.57. The van der Waals surface area contributed by atoms with Crippen LogP contribution in [0.15, 0.2) is 24.3 Å². The van der Waals surface area contributed by atoms with Crippen LogP contribution in [0.3, 0.4) is 0 Å². The van der Waals surface area contributed by atoms with E-state index >= 15 is 0 Å². The number of rotatable bonds is 6. The number of likely N-dealkylation sites (tertiary alicyclic amines) is 1. The highest BCUT2D eigenvalue weighted by Crippen LogP contribution is 2.29. The van der Waals surface area contributed by atoms with Crippen molar-refractivity contribution < 1.29 is 9.90 Å². The average molecular weight is 330 g/mol. The van der Waals surface area contributed by atoms with Crippen LogP contribution < -0.4 is 0 Å². The second kappa shape index (κ2) is 7.66. The first kappa shape index (κ1) is 17.4. The Morgan fingerprint density at radius 1 is 1.21 bits per heavy atom. The molecule has 0 bridgehead atoms. The molecule has 2 fully saturated rings. The zero-order valence-corrected chi connectivity index (χ0v) is 14.9. The van der Waals surface area contributed by atoms with Gasteiger partial charge in [0.1, 0.15) is 0 Å². The number of aryl methyl sites for hydroxylation is 1. The third-order valence-electron chi connectivity index (χ3n) is 5.45. The van der Waals surface area contributed by atoms with Crippen LogP contribution in [0.1, 0.15) is 43.7 Å². The summed E-state index contributed by atoms with van der Waals surface area (Å²) in [5.41, 5.74) is 2.47. The monoisotopic (exact) mass is 330 g/mol. The maximum atomic E-state index is 12.8. The van der Waals surface area contributed by atoms with Gasteiger partial charge in [0.2, 0.25) is 5.91 Å². The Morgan fingerprint density at radius 3 is 2.38 bits per heavy atom. The van der Waals surface area contributed by atoms with Crippen LogP contribution in [-0.4, -0.2) is 52.6 Å². The van der Waals surface area contributed by atoms with Crippen molar-refractivity contribution in [3.8, 4) is 0 Å². The molecule has 24 heavy (non-hydrogen) atoms. The summed E-state index contributed by atoms with van der Waals surface area (Å²) in [5, 5.41) is 9.70. The van der Waals surface area contributed by atoms with Gasteiger partial charge in [0.15, 0.2) is 0 Å². The molecular weight excluding hydrogens is 300 g/mol. The van der Waals surface area contributed by atoms with Crippen LogP contribution in [0.2, 0.25) is 0 Å². The van der Waals surface area contributed by atoms with Crippen molar-refractivity contribution in [1.29, 1.82) is 0 Å². The van der Waals surface area contributed by atoms with E-state index in [1.165, 1.54) is 11.1 Å². The molecule has 1 aromatic carbocycles. The minimum atomic E-state index is -0.229. The molecule has 1 saturated heterocycles. The Kier molecular flexibility index (Phi) is 5.57. The zero-order valence-electron chi connectivity index (χ0n) is 14.9. The van der Waals surface area contributed by atoms with E-state index in [2.05, 4.69) is 41.0 Å². The molecule has 0 aromatic heterocycles. The van der Waals surface area contributed by atoms with Crippen molar-refractivity contribution in [2.24, 2.45) is 5.92 Å². The van der Waals surface area contributed by atoms with Crippen molar-refractivity contribution in [2.45, 2.75) is 58.2 Å². The molecule has 1 N–H and O–H groups in total. The molecule has 1 aliphatic carbocycles. The zero-order chi connectivity index (χ0) is 17.1. The van der Waals surface area contributed by atoms with E-state index in [-0.39, 0.29) is 12.0 Å². The van der Waals surface area contributed by atoms with E-state index in [1.807, 2.05) is 6.92 Å². The second-order valence-corrected chi connectivity index (χ2v) is 7.59. The maximum absolute atomic E-state index is 12.8. The van der Waals surface area contributed by atoms with Crippen LogP contribution in [0.5, 0.6) is 0 Å². The molecule has 1 atom stereocenters. The summed E-state index contributed by atoms with van der Waals surface area (Å²) >= 11 is 0. The number of nitrogens with zero attached hydrogens (tertiary/aromatic N) is 2. The molecule has 4 nitrogen and oxygen atoms in total. The number of carbonyl (C=O) groups excluding carboxylic acids is 1. The number of piperidine rings is 1. The number of carbonyl (C=O) groups is 1. The third-order valence-corrected chi connectivity index (χ3v) is 5.45. The van der Waals surface area contributed by atoms with Gasteiger partial charge < -0.3 is 10.0 Å². The highest BCUT2D eigenvalue weighted by atomic mass is 16.3. The van der Waals surface area contributed by atoms with E-state index in [1.54, 1.807) is 0 Å². The Balaban J connectivity index is 1.54. The number of benzene rings is 1. The van der Waals surface area contributed by atoms with E-state index in [4.69, 9.17) is 0 Å². The Labute approximate surface area is 145 Å². The molecule has 132 valence electrons. The smallest absolute Gasteiger partial charge is 0.237 e. The highest BCUT2D eigenvalue weighted by Gasteiger charge is 2.33. The van der Waals surface area contributed by atoms with Gasteiger partial charge in [-0.3, -0.25) is 9.69 Å². The van der Waals surface area contributed by atoms with E-state index < -0.39 is 0 Å². The topological polar surface area (TPSA) is 43.8 Å². The van der Waals surface area contributed by atoms with Crippen molar-refractivity contribution >= 4 is 5.91 Å². The van der Waals surface area contributed by atoms with E-state index in [0.717, 1.165) is 45.3 Å². The van der Waals surface area contributed by atoms with Gasteiger partial charge in [0, 0.05) is 12.6 Å². The van der Waals surface area contributed by atoms with Crippen LogP contribution in [0, 0.1) is 12.8 Å². The number of aliphatic hydroxyl groups excluding tert-OH is 1. The minimum absolute atomic E-state index is 0.229. The number of hydrogen-bond donors (Lipinski definition) is 1. The van der Waals surface area contributed by atoms with Crippen LogP contribution in [0.25, 0.3) is 0 Å². The molecule has 1 unspecified atom stereocenters. The summed E-state index contributed by atoms with van der Waals surface area (Å²) in [7, 11) is 0. The summed E-state index contributed by atoms with van der Waals surface area (Å²) in [4.78, 5) is 17.1. The predicted molar refractivity (Wildman–Crippen MR) is 95.6 cm³/mol. The molecule has 4 heteroatoms. The highest BCUT2D eigenvalue weighted by molar-refractivity contribution is 5.79. The van der Waals surface area contributed by atoms with Crippen molar-refractivity contribution in [3.05, 3.63) is 35.4 Å². The SMILES string of the molecule is Cc1ccc(CN(C(=O)CN2CCC(C(C)O)CC2)C2CC2)cc1. The molecule has 2 aliphatic rings. The molecule has 0 radical (unpaired) electrons. The summed E-state index contributed by atoms with van der Waals surface area (Å²) in [6.45, 7) is 7.06. The van der Waals surface area contributed by atoms with Crippen LogP contribution >= 0.6 is 0 Å². The molecule has 1 aliphatic heterocycles. The molecule has 3 rings (SSSR count). The first-order valence-electron chi connectivity index (χ1n) is 9.28. The molecule has 1 heterocycles. The summed E-state index contributed by atoms with van der Waals surface area (Å²) in [6, 6.07) is 8.93. The second-order valence-electron chi connectivity index (χ2n) is 7.59. The molecular formula is C20H30N2O2. The predicted octanol–water partition coefficient (Wildman–Crippen LogP) is 2.58. The number of aliphatic hydroxyl groups is 1. The van der Waals surface area contributed by atoms with Crippen molar-refractivity contribution in [3.63, 3.8) is 0 Å². The van der Waals surface area contributed by atoms with Crippen molar-refractivity contribution in [1.82, 2.24) is 9.80 Å². The minimum Gasteiger partial charge on any atom is -0.393 e. The van der Waals surface area contributed by atoms with Gasteiger partial charge >= 0.3 is 0 Å². The lowest BCUT2D eigenvalue weighted by Gasteiger charge is -2.34. The van der Waals surface area contributed by atoms with Gasteiger partial charge in [0.25, 0.3) is 0 Å². The quantitative estimate of drug-likeness (QED) is 0.872. The summed E-state index contributed by atoms with van der Waals surface area (Å²) in [6.07, 6.45) is 4.04. The lowest BCUT2D eigenvalue weighted by molar-refractivity contribution is -0.134. The number of hydrogen-bond acceptors (Lipinski definition) is 3. The Bertz CT molecular complexity index is 543. The Morgan fingerprint density at radius 2 is 1.83 bits per heavy atom. The summed E-state index contributed by atoms with van der Waals surface area (Å²) in [5.74, 6) is 0.650. The fourth-order valence-electron chi connectivity index (χ4n) is 3.57. The fraction of sp³-hybridized carbons (Fsp3) is 0.650. The van der Waals surface area contributed by atoms with Gasteiger partial charge in [0.05, 0.1) is 12.6 Å². The molecule has 1 aromatic rings. The van der Waals surface area contributed by atoms with E-state index in [0.29, 0.717) is 18.5 Å².